The number of nitrogens with one attached hydrogen (secondary N) is 1. The molecule has 0 aromatic heterocycles. The summed E-state index contributed by atoms with van der Waals surface area (Å²) in [5.74, 6) is 0.0453. The summed E-state index contributed by atoms with van der Waals surface area (Å²) in [4.78, 5) is 14.8. The smallest absolute Gasteiger partial charge is 0.238 e. The topological polar surface area (TPSA) is 50.8 Å². The van der Waals surface area contributed by atoms with Crippen LogP contribution in [0, 0.1) is 6.92 Å². The molecule has 1 aromatic carbocycles. The fourth-order valence-electron chi connectivity index (χ4n) is 3.69. The summed E-state index contributed by atoms with van der Waals surface area (Å²) in [7, 11) is 0. The van der Waals surface area contributed by atoms with Crippen LogP contribution >= 0.6 is 0 Å². The van der Waals surface area contributed by atoms with Crippen molar-refractivity contribution in [2.45, 2.75) is 51.9 Å². The van der Waals surface area contributed by atoms with E-state index in [1.54, 1.807) is 0 Å². The summed E-state index contributed by atoms with van der Waals surface area (Å²) < 4.78 is 11.4. The van der Waals surface area contributed by atoms with Crippen LogP contribution in [0.4, 0.5) is 5.69 Å². The van der Waals surface area contributed by atoms with Crippen molar-refractivity contribution < 1.29 is 14.3 Å². The Kier molecular flexibility index (Phi) is 5.87. The molecule has 2 saturated heterocycles. The summed E-state index contributed by atoms with van der Waals surface area (Å²) >= 11 is 0. The van der Waals surface area contributed by atoms with Gasteiger partial charge in [0.1, 0.15) is 0 Å². The van der Waals surface area contributed by atoms with Gasteiger partial charge in [-0.25, -0.2) is 0 Å². The average Bonchev–Trinajstić information content (AvgIpc) is 3.11. The first kappa shape index (κ1) is 17.4. The second kappa shape index (κ2) is 8.10. The second-order valence-electron chi connectivity index (χ2n) is 6.65. The molecule has 24 heavy (non-hydrogen) atoms. The van der Waals surface area contributed by atoms with Crippen LogP contribution in [0.5, 0.6) is 0 Å². The zero-order valence-electron chi connectivity index (χ0n) is 14.7. The predicted octanol–water partition coefficient (Wildman–Crippen LogP) is 2.72. The molecule has 2 aliphatic rings. The van der Waals surface area contributed by atoms with Gasteiger partial charge in [-0.15, -0.1) is 0 Å². The van der Waals surface area contributed by atoms with Crippen molar-refractivity contribution in [3.05, 3.63) is 29.3 Å². The third kappa shape index (κ3) is 3.97. The molecule has 1 atom stereocenters. The first-order valence-corrected chi connectivity index (χ1v) is 9.04. The maximum atomic E-state index is 12.6. The lowest BCUT2D eigenvalue weighted by Crippen LogP contribution is -2.50. The molecule has 0 saturated carbocycles. The maximum absolute atomic E-state index is 12.6. The lowest BCUT2D eigenvalue weighted by Gasteiger charge is -2.37. The van der Waals surface area contributed by atoms with Crippen LogP contribution in [-0.4, -0.2) is 49.4 Å². The number of piperidine rings is 1. The summed E-state index contributed by atoms with van der Waals surface area (Å²) in [6.07, 6.45) is 4.06. The van der Waals surface area contributed by atoms with Gasteiger partial charge in [0, 0.05) is 5.69 Å². The lowest BCUT2D eigenvalue weighted by molar-refractivity contribution is -0.127. The van der Waals surface area contributed by atoms with Crippen molar-refractivity contribution in [1.29, 1.82) is 0 Å². The molecule has 5 nitrogen and oxygen atoms in total. The minimum atomic E-state index is -0.178. The molecule has 0 aliphatic carbocycles. The van der Waals surface area contributed by atoms with Crippen LogP contribution in [-0.2, 0) is 20.7 Å². The SMILES string of the molecule is CCc1cccc(C)c1NC(=O)CN1CCCCC1C1OCCO1. The number of carbonyl (C=O) groups is 1. The van der Waals surface area contributed by atoms with Crippen molar-refractivity contribution in [3.63, 3.8) is 0 Å². The lowest BCUT2D eigenvalue weighted by atomic mass is 10.0. The van der Waals surface area contributed by atoms with E-state index in [-0.39, 0.29) is 18.2 Å². The van der Waals surface area contributed by atoms with Gasteiger partial charge in [-0.1, -0.05) is 31.5 Å². The van der Waals surface area contributed by atoms with E-state index in [2.05, 4.69) is 23.2 Å². The predicted molar refractivity (Wildman–Crippen MR) is 94.1 cm³/mol. The molecule has 0 radical (unpaired) electrons. The molecule has 2 fully saturated rings. The number of rotatable bonds is 5. The second-order valence-corrected chi connectivity index (χ2v) is 6.65. The van der Waals surface area contributed by atoms with Gasteiger partial charge in [-0.05, 0) is 43.9 Å². The van der Waals surface area contributed by atoms with Crippen molar-refractivity contribution in [1.82, 2.24) is 4.90 Å². The maximum Gasteiger partial charge on any atom is 0.238 e. The van der Waals surface area contributed by atoms with Gasteiger partial charge in [0.05, 0.1) is 25.8 Å². The highest BCUT2D eigenvalue weighted by molar-refractivity contribution is 5.93. The van der Waals surface area contributed by atoms with Gasteiger partial charge in [-0.3, -0.25) is 9.69 Å². The van der Waals surface area contributed by atoms with Gasteiger partial charge < -0.3 is 14.8 Å². The van der Waals surface area contributed by atoms with E-state index < -0.39 is 0 Å². The zero-order valence-corrected chi connectivity index (χ0v) is 14.7. The molecule has 1 amide bonds. The first-order valence-electron chi connectivity index (χ1n) is 9.04. The molecular formula is C19H28N2O3. The van der Waals surface area contributed by atoms with Crippen molar-refractivity contribution in [2.75, 3.05) is 31.6 Å². The molecule has 1 unspecified atom stereocenters. The summed E-state index contributed by atoms with van der Waals surface area (Å²) in [5, 5.41) is 3.13. The number of amides is 1. The van der Waals surface area contributed by atoms with Crippen LogP contribution in [0.3, 0.4) is 0 Å². The molecule has 3 rings (SSSR count). The third-order valence-corrected chi connectivity index (χ3v) is 4.98. The number of hydrogen-bond donors (Lipinski definition) is 1. The standard InChI is InChI=1S/C19H28N2O3/c1-3-15-8-6-7-14(2)18(15)20-17(22)13-21-10-5-4-9-16(21)19-23-11-12-24-19/h6-8,16,19H,3-5,9-13H2,1-2H3,(H,20,22). The Labute approximate surface area is 144 Å². The van der Waals surface area contributed by atoms with E-state index >= 15 is 0 Å². The van der Waals surface area contributed by atoms with Crippen LogP contribution in [0.25, 0.3) is 0 Å². The van der Waals surface area contributed by atoms with Gasteiger partial charge in [0.25, 0.3) is 0 Å². The minimum absolute atomic E-state index is 0.0453. The molecule has 1 N–H and O–H groups in total. The largest absolute Gasteiger partial charge is 0.349 e. The first-order chi connectivity index (χ1) is 11.7. The van der Waals surface area contributed by atoms with Gasteiger partial charge in [0.15, 0.2) is 6.29 Å². The molecule has 132 valence electrons. The van der Waals surface area contributed by atoms with E-state index in [9.17, 15) is 4.79 Å². The summed E-state index contributed by atoms with van der Waals surface area (Å²) in [5.41, 5.74) is 3.26. The molecule has 0 spiro atoms. The van der Waals surface area contributed by atoms with Crippen LogP contribution in [0.15, 0.2) is 18.2 Å². The van der Waals surface area contributed by atoms with E-state index in [1.165, 1.54) is 12.0 Å². The minimum Gasteiger partial charge on any atom is -0.349 e. The Hall–Kier alpha value is -1.43. The Bertz CT molecular complexity index is 570. The van der Waals surface area contributed by atoms with Crippen LogP contribution in [0.2, 0.25) is 0 Å². The van der Waals surface area contributed by atoms with E-state index in [4.69, 9.17) is 9.47 Å². The number of nitrogens with zero attached hydrogens (tertiary/aromatic N) is 1. The highest BCUT2D eigenvalue weighted by atomic mass is 16.7. The fourth-order valence-corrected chi connectivity index (χ4v) is 3.69. The van der Waals surface area contributed by atoms with Gasteiger partial charge in [-0.2, -0.15) is 0 Å². The quantitative estimate of drug-likeness (QED) is 0.901. The third-order valence-electron chi connectivity index (χ3n) is 4.98. The molecule has 1 aromatic rings. The fraction of sp³-hybridized carbons (Fsp3) is 0.632. The van der Waals surface area contributed by atoms with E-state index in [1.807, 2.05) is 19.1 Å². The number of likely N-dealkylation sites (tertiary alicyclic amines) is 1. The zero-order chi connectivity index (χ0) is 16.9. The summed E-state index contributed by atoms with van der Waals surface area (Å²) in [6.45, 7) is 6.79. The number of benzene rings is 1. The molecule has 0 bridgehead atoms. The molecular weight excluding hydrogens is 304 g/mol. The molecule has 2 aliphatic heterocycles. The monoisotopic (exact) mass is 332 g/mol. The van der Waals surface area contributed by atoms with Gasteiger partial charge in [0.2, 0.25) is 5.91 Å². The van der Waals surface area contributed by atoms with Gasteiger partial charge >= 0.3 is 0 Å². The number of ether oxygens (including phenoxy) is 2. The van der Waals surface area contributed by atoms with Crippen LogP contribution in [0.1, 0.15) is 37.3 Å². The molecule has 5 heteroatoms. The normalized spacial score (nSPS) is 22.7. The van der Waals surface area contributed by atoms with E-state index in [0.29, 0.717) is 19.8 Å². The van der Waals surface area contributed by atoms with E-state index in [0.717, 1.165) is 37.1 Å². The van der Waals surface area contributed by atoms with Crippen molar-refractivity contribution in [3.8, 4) is 0 Å². The number of carbonyl (C=O) groups excluding carboxylic acids is 1. The Balaban J connectivity index is 1.65. The number of aryl methyl sites for hydroxylation is 2. The van der Waals surface area contributed by atoms with Crippen LogP contribution < -0.4 is 5.32 Å². The average molecular weight is 332 g/mol. The van der Waals surface area contributed by atoms with Crippen molar-refractivity contribution in [2.24, 2.45) is 0 Å². The Morgan fingerprint density at radius 1 is 1.29 bits per heavy atom. The number of para-hydroxylation sites is 1. The summed E-state index contributed by atoms with van der Waals surface area (Å²) in [6, 6.07) is 6.35. The van der Waals surface area contributed by atoms with Crippen molar-refractivity contribution >= 4 is 11.6 Å². The highest BCUT2D eigenvalue weighted by Crippen LogP contribution is 2.25. The number of hydrogen-bond acceptors (Lipinski definition) is 4. The Morgan fingerprint density at radius 2 is 2.08 bits per heavy atom. The molecule has 2 heterocycles. The Morgan fingerprint density at radius 3 is 2.83 bits per heavy atom. The highest BCUT2D eigenvalue weighted by Gasteiger charge is 2.34. The number of anilines is 1.